The molecule has 0 aliphatic heterocycles. The minimum Gasteiger partial charge on any atom is -0.382 e. The van der Waals surface area contributed by atoms with E-state index in [2.05, 4.69) is 36.5 Å². The summed E-state index contributed by atoms with van der Waals surface area (Å²) in [6, 6.07) is 15.6. The molecule has 0 radical (unpaired) electrons. The third-order valence-corrected chi connectivity index (χ3v) is 3.31. The molecule has 0 aliphatic carbocycles. The fourth-order valence-corrected chi connectivity index (χ4v) is 2.12. The molecule has 1 nitrogen and oxygen atoms in total. The van der Waals surface area contributed by atoms with Gasteiger partial charge < -0.3 is 5.32 Å². The summed E-state index contributed by atoms with van der Waals surface area (Å²) in [6.45, 7) is 4.12. The van der Waals surface area contributed by atoms with Crippen LogP contribution in [0.1, 0.15) is 24.5 Å². The first-order valence-corrected chi connectivity index (χ1v) is 6.72. The Morgan fingerprint density at radius 2 is 1.84 bits per heavy atom. The maximum atomic E-state index is 13.2. The fraction of sp³-hybridized carbons (Fsp3) is 0.294. The molecule has 0 aliphatic rings. The summed E-state index contributed by atoms with van der Waals surface area (Å²) < 4.78 is 13.2. The predicted octanol–water partition coefficient (Wildman–Crippen LogP) is 4.57. The summed E-state index contributed by atoms with van der Waals surface area (Å²) in [5.74, 6) is -0.191. The third kappa shape index (κ3) is 4.09. The summed E-state index contributed by atoms with van der Waals surface area (Å²) in [6.07, 6.45) is 2.06. The smallest absolute Gasteiger partial charge is 0.125 e. The summed E-state index contributed by atoms with van der Waals surface area (Å²) in [5, 5.41) is 3.38. The van der Waals surface area contributed by atoms with Crippen molar-refractivity contribution >= 4 is 5.69 Å². The van der Waals surface area contributed by atoms with Crippen molar-refractivity contribution < 1.29 is 4.39 Å². The van der Waals surface area contributed by atoms with Crippen LogP contribution in [0.25, 0.3) is 0 Å². The zero-order valence-electron chi connectivity index (χ0n) is 11.5. The number of anilines is 1. The van der Waals surface area contributed by atoms with E-state index in [1.165, 1.54) is 11.6 Å². The normalized spacial score (nSPS) is 12.2. The molecule has 0 heterocycles. The highest BCUT2D eigenvalue weighted by molar-refractivity contribution is 5.51. The molecule has 0 amide bonds. The Morgan fingerprint density at radius 3 is 2.58 bits per heavy atom. The lowest BCUT2D eigenvalue weighted by atomic mass is 10.1. The minimum atomic E-state index is -0.191. The van der Waals surface area contributed by atoms with Crippen molar-refractivity contribution in [1.82, 2.24) is 0 Å². The second kappa shape index (κ2) is 6.37. The van der Waals surface area contributed by atoms with Gasteiger partial charge in [0.15, 0.2) is 0 Å². The number of hydrogen-bond donors (Lipinski definition) is 1. The van der Waals surface area contributed by atoms with Gasteiger partial charge in [0.2, 0.25) is 0 Å². The van der Waals surface area contributed by atoms with Gasteiger partial charge in [-0.2, -0.15) is 0 Å². The number of hydrogen-bond acceptors (Lipinski definition) is 1. The molecule has 0 saturated heterocycles. The van der Waals surface area contributed by atoms with E-state index in [0.29, 0.717) is 6.04 Å². The highest BCUT2D eigenvalue weighted by Gasteiger charge is 2.05. The number of aryl methyl sites for hydroxylation is 2. The van der Waals surface area contributed by atoms with Gasteiger partial charge in [-0.1, -0.05) is 36.4 Å². The first-order chi connectivity index (χ1) is 9.15. The lowest BCUT2D eigenvalue weighted by Gasteiger charge is -2.17. The monoisotopic (exact) mass is 257 g/mol. The molecule has 19 heavy (non-hydrogen) atoms. The Hall–Kier alpha value is -1.83. The van der Waals surface area contributed by atoms with E-state index < -0.39 is 0 Å². The van der Waals surface area contributed by atoms with Crippen LogP contribution in [0.4, 0.5) is 10.1 Å². The van der Waals surface area contributed by atoms with E-state index in [1.54, 1.807) is 6.07 Å². The SMILES string of the molecule is Cc1ccc(F)cc1NC(C)CCc1ccccc1. The lowest BCUT2D eigenvalue weighted by molar-refractivity contribution is 0.626. The fourth-order valence-electron chi connectivity index (χ4n) is 2.12. The van der Waals surface area contributed by atoms with E-state index >= 15 is 0 Å². The second-order valence-corrected chi connectivity index (χ2v) is 5.03. The van der Waals surface area contributed by atoms with E-state index in [9.17, 15) is 4.39 Å². The molecule has 0 aromatic heterocycles. The molecule has 0 bridgehead atoms. The van der Waals surface area contributed by atoms with Crippen LogP contribution >= 0.6 is 0 Å². The highest BCUT2D eigenvalue weighted by atomic mass is 19.1. The van der Waals surface area contributed by atoms with Crippen molar-refractivity contribution in [2.75, 3.05) is 5.32 Å². The Labute approximate surface area is 114 Å². The first-order valence-electron chi connectivity index (χ1n) is 6.72. The molecule has 2 heteroatoms. The van der Waals surface area contributed by atoms with E-state index in [-0.39, 0.29) is 5.82 Å². The molecular weight excluding hydrogens is 237 g/mol. The van der Waals surface area contributed by atoms with Gasteiger partial charge in [-0.25, -0.2) is 4.39 Å². The Morgan fingerprint density at radius 1 is 1.11 bits per heavy atom. The molecule has 0 fully saturated rings. The Kier molecular flexibility index (Phi) is 4.56. The van der Waals surface area contributed by atoms with Gasteiger partial charge in [0.1, 0.15) is 5.82 Å². The average Bonchev–Trinajstić information content (AvgIpc) is 2.42. The van der Waals surface area contributed by atoms with Crippen molar-refractivity contribution in [1.29, 1.82) is 0 Å². The highest BCUT2D eigenvalue weighted by Crippen LogP contribution is 2.18. The number of halogens is 1. The topological polar surface area (TPSA) is 12.0 Å². The lowest BCUT2D eigenvalue weighted by Crippen LogP contribution is -2.16. The number of benzene rings is 2. The van der Waals surface area contributed by atoms with Crippen LogP contribution in [0.15, 0.2) is 48.5 Å². The second-order valence-electron chi connectivity index (χ2n) is 5.03. The zero-order chi connectivity index (χ0) is 13.7. The van der Waals surface area contributed by atoms with E-state index in [4.69, 9.17) is 0 Å². The summed E-state index contributed by atoms with van der Waals surface area (Å²) in [5.41, 5.74) is 3.31. The van der Waals surface area contributed by atoms with Crippen LogP contribution in [0.2, 0.25) is 0 Å². The van der Waals surface area contributed by atoms with Gasteiger partial charge >= 0.3 is 0 Å². The maximum Gasteiger partial charge on any atom is 0.125 e. The summed E-state index contributed by atoms with van der Waals surface area (Å²) >= 11 is 0. The van der Waals surface area contributed by atoms with Gasteiger partial charge in [-0.15, -0.1) is 0 Å². The Balaban J connectivity index is 1.90. The molecule has 0 spiro atoms. The van der Waals surface area contributed by atoms with Gasteiger partial charge in [-0.05, 0) is 49.9 Å². The first kappa shape index (κ1) is 13.6. The third-order valence-electron chi connectivity index (χ3n) is 3.31. The predicted molar refractivity (Wildman–Crippen MR) is 79.0 cm³/mol. The van der Waals surface area contributed by atoms with Crippen molar-refractivity contribution in [3.8, 4) is 0 Å². The molecule has 1 N–H and O–H groups in total. The van der Waals surface area contributed by atoms with E-state index in [0.717, 1.165) is 24.1 Å². The molecule has 2 aromatic rings. The van der Waals surface area contributed by atoms with Gasteiger partial charge in [0, 0.05) is 11.7 Å². The van der Waals surface area contributed by atoms with Crippen LogP contribution in [0.5, 0.6) is 0 Å². The summed E-state index contributed by atoms with van der Waals surface area (Å²) in [4.78, 5) is 0. The number of rotatable bonds is 5. The van der Waals surface area contributed by atoms with E-state index in [1.807, 2.05) is 19.1 Å². The van der Waals surface area contributed by atoms with Crippen LogP contribution in [-0.2, 0) is 6.42 Å². The van der Waals surface area contributed by atoms with Crippen LogP contribution in [-0.4, -0.2) is 6.04 Å². The molecule has 1 unspecified atom stereocenters. The molecule has 100 valence electrons. The van der Waals surface area contributed by atoms with Crippen LogP contribution in [0, 0.1) is 12.7 Å². The van der Waals surface area contributed by atoms with Crippen molar-refractivity contribution in [3.05, 3.63) is 65.5 Å². The van der Waals surface area contributed by atoms with Crippen LogP contribution < -0.4 is 5.32 Å². The summed E-state index contributed by atoms with van der Waals surface area (Å²) in [7, 11) is 0. The number of nitrogens with one attached hydrogen (secondary N) is 1. The quantitative estimate of drug-likeness (QED) is 0.827. The average molecular weight is 257 g/mol. The van der Waals surface area contributed by atoms with Crippen molar-refractivity contribution in [2.45, 2.75) is 32.7 Å². The molecule has 2 aromatic carbocycles. The van der Waals surface area contributed by atoms with Gasteiger partial charge in [0.05, 0.1) is 0 Å². The van der Waals surface area contributed by atoms with Crippen molar-refractivity contribution in [3.63, 3.8) is 0 Å². The Bertz CT molecular complexity index is 522. The molecular formula is C17H20FN. The molecule has 0 saturated carbocycles. The minimum absolute atomic E-state index is 0.191. The van der Waals surface area contributed by atoms with Gasteiger partial charge in [-0.3, -0.25) is 0 Å². The van der Waals surface area contributed by atoms with Crippen LogP contribution in [0.3, 0.4) is 0 Å². The molecule has 1 atom stereocenters. The maximum absolute atomic E-state index is 13.2. The standard InChI is InChI=1S/C17H20FN/c1-13-8-11-16(18)12-17(13)19-14(2)9-10-15-6-4-3-5-7-15/h3-8,11-12,14,19H,9-10H2,1-2H3. The van der Waals surface area contributed by atoms with Crippen molar-refractivity contribution in [2.24, 2.45) is 0 Å². The largest absolute Gasteiger partial charge is 0.382 e. The zero-order valence-corrected chi connectivity index (χ0v) is 11.5. The molecule has 2 rings (SSSR count). The van der Waals surface area contributed by atoms with Gasteiger partial charge in [0.25, 0.3) is 0 Å².